The van der Waals surface area contributed by atoms with Gasteiger partial charge < -0.3 is 14.6 Å². The maximum Gasteiger partial charge on any atom is 0.275 e. The van der Waals surface area contributed by atoms with Crippen LogP contribution in [-0.4, -0.2) is 25.0 Å². The molecule has 1 saturated heterocycles. The van der Waals surface area contributed by atoms with Crippen molar-refractivity contribution in [2.24, 2.45) is 5.92 Å². The van der Waals surface area contributed by atoms with Gasteiger partial charge in [-0.05, 0) is 51.2 Å². The number of para-hydroxylation sites is 1. The molecule has 1 aromatic heterocycles. The lowest BCUT2D eigenvalue weighted by Crippen LogP contribution is -3.18. The van der Waals surface area contributed by atoms with Crippen LogP contribution >= 0.6 is 0 Å². The molecule has 4 atom stereocenters. The second kappa shape index (κ2) is 7.20. The van der Waals surface area contributed by atoms with Gasteiger partial charge in [0.05, 0.1) is 18.6 Å². The van der Waals surface area contributed by atoms with Gasteiger partial charge in [-0.3, -0.25) is 4.79 Å². The normalized spacial score (nSPS) is 27.6. The summed E-state index contributed by atoms with van der Waals surface area (Å²) in [5.74, 6) is 1.83. The maximum atomic E-state index is 12.6. The first kappa shape index (κ1) is 16.6. The van der Waals surface area contributed by atoms with Crippen LogP contribution < -0.4 is 10.2 Å². The maximum absolute atomic E-state index is 12.6. The van der Waals surface area contributed by atoms with E-state index in [0.717, 1.165) is 29.2 Å². The van der Waals surface area contributed by atoms with Crippen LogP contribution in [0.1, 0.15) is 57.3 Å². The number of carbonyl (C=O) groups excluding carboxylic acids is 1. The summed E-state index contributed by atoms with van der Waals surface area (Å²) in [6.07, 6.45) is 8.01. The summed E-state index contributed by atoms with van der Waals surface area (Å²) in [5, 5.41) is 4.23. The highest BCUT2D eigenvalue weighted by Crippen LogP contribution is 2.28. The molecule has 1 amide bonds. The highest BCUT2D eigenvalue weighted by Gasteiger charge is 2.37. The standard InChI is InChI=1S/C21H28N2O2/c1-15(20-13-17-8-3-5-11-19(17)25-20)22-21(24)14-23-12-6-9-16-7-2-4-10-18(16)23/h3,5,8,11,13,15-16,18H,2,4,6-7,9-10,12,14H2,1H3,(H,22,24)/p+1/t15-,16+,18-/m0/s1. The minimum atomic E-state index is -0.0914. The van der Waals surface area contributed by atoms with E-state index in [1.165, 1.54) is 43.4 Å². The van der Waals surface area contributed by atoms with Crippen LogP contribution in [0.5, 0.6) is 0 Å². The molecule has 25 heavy (non-hydrogen) atoms. The predicted octanol–water partition coefficient (Wildman–Crippen LogP) is 2.85. The van der Waals surface area contributed by atoms with Gasteiger partial charge in [-0.1, -0.05) is 24.6 Å². The largest absolute Gasteiger partial charge is 0.459 e. The van der Waals surface area contributed by atoms with Gasteiger partial charge in [-0.2, -0.15) is 0 Å². The van der Waals surface area contributed by atoms with E-state index in [-0.39, 0.29) is 11.9 Å². The molecule has 134 valence electrons. The molecule has 1 saturated carbocycles. The van der Waals surface area contributed by atoms with Crippen LogP contribution in [0.25, 0.3) is 11.0 Å². The van der Waals surface area contributed by atoms with E-state index < -0.39 is 0 Å². The summed E-state index contributed by atoms with van der Waals surface area (Å²) in [6.45, 7) is 3.75. The second-order valence-corrected chi connectivity index (χ2v) is 7.85. The first-order valence-electron chi connectivity index (χ1n) is 9.83. The molecule has 0 spiro atoms. The molecule has 2 aliphatic rings. The minimum Gasteiger partial charge on any atom is -0.459 e. The van der Waals surface area contributed by atoms with Gasteiger partial charge in [-0.15, -0.1) is 0 Å². The number of benzene rings is 1. The van der Waals surface area contributed by atoms with E-state index in [2.05, 4.69) is 5.32 Å². The summed E-state index contributed by atoms with van der Waals surface area (Å²) in [7, 11) is 0. The molecule has 1 aliphatic carbocycles. The van der Waals surface area contributed by atoms with Crippen molar-refractivity contribution in [2.75, 3.05) is 13.1 Å². The molecule has 4 heteroatoms. The molecule has 2 fully saturated rings. The molecule has 0 radical (unpaired) electrons. The molecule has 1 unspecified atom stereocenters. The Morgan fingerprint density at radius 3 is 2.92 bits per heavy atom. The number of amides is 1. The number of nitrogens with one attached hydrogen (secondary N) is 2. The average molecular weight is 341 g/mol. The van der Waals surface area contributed by atoms with Gasteiger partial charge in [0.2, 0.25) is 0 Å². The number of hydrogen-bond donors (Lipinski definition) is 2. The van der Waals surface area contributed by atoms with E-state index in [0.29, 0.717) is 12.6 Å². The van der Waals surface area contributed by atoms with Crippen molar-refractivity contribution in [3.8, 4) is 0 Å². The van der Waals surface area contributed by atoms with Crippen molar-refractivity contribution in [2.45, 2.75) is 57.5 Å². The highest BCUT2D eigenvalue weighted by molar-refractivity contribution is 5.79. The van der Waals surface area contributed by atoms with E-state index in [9.17, 15) is 4.79 Å². The summed E-state index contributed by atoms with van der Waals surface area (Å²) >= 11 is 0. The van der Waals surface area contributed by atoms with Crippen molar-refractivity contribution < 1.29 is 14.1 Å². The monoisotopic (exact) mass is 341 g/mol. The SMILES string of the molecule is C[C@H](NC(=O)C[NH+]1CCC[C@H]2CCCC[C@@H]21)c1cc2ccccc2o1. The number of likely N-dealkylation sites (tertiary alicyclic amines) is 1. The van der Waals surface area contributed by atoms with Crippen molar-refractivity contribution in [3.63, 3.8) is 0 Å². The Bertz CT molecular complexity index is 703. The van der Waals surface area contributed by atoms with Crippen molar-refractivity contribution >= 4 is 16.9 Å². The molecular weight excluding hydrogens is 312 g/mol. The number of piperidine rings is 1. The van der Waals surface area contributed by atoms with E-state index in [1.807, 2.05) is 37.3 Å². The lowest BCUT2D eigenvalue weighted by molar-refractivity contribution is -0.928. The third-order valence-corrected chi connectivity index (χ3v) is 6.14. The molecule has 4 rings (SSSR count). The van der Waals surface area contributed by atoms with Crippen molar-refractivity contribution in [1.82, 2.24) is 5.32 Å². The smallest absolute Gasteiger partial charge is 0.275 e. The third-order valence-electron chi connectivity index (χ3n) is 6.14. The molecule has 1 aliphatic heterocycles. The lowest BCUT2D eigenvalue weighted by Gasteiger charge is -2.40. The average Bonchev–Trinajstić information content (AvgIpc) is 3.06. The van der Waals surface area contributed by atoms with Gasteiger partial charge in [-0.25, -0.2) is 0 Å². The Balaban J connectivity index is 1.37. The van der Waals surface area contributed by atoms with Crippen molar-refractivity contribution in [3.05, 3.63) is 36.1 Å². The first-order chi connectivity index (χ1) is 12.2. The van der Waals surface area contributed by atoms with Gasteiger partial charge >= 0.3 is 0 Å². The summed E-state index contributed by atoms with van der Waals surface area (Å²) in [5.41, 5.74) is 0.880. The summed E-state index contributed by atoms with van der Waals surface area (Å²) in [4.78, 5) is 14.1. The predicted molar refractivity (Wildman–Crippen MR) is 98.4 cm³/mol. The zero-order chi connectivity index (χ0) is 17.2. The number of furan rings is 1. The van der Waals surface area contributed by atoms with Crippen LogP contribution in [0.15, 0.2) is 34.7 Å². The lowest BCUT2D eigenvalue weighted by atomic mass is 9.78. The molecule has 4 nitrogen and oxygen atoms in total. The Morgan fingerprint density at radius 1 is 1.24 bits per heavy atom. The quantitative estimate of drug-likeness (QED) is 0.898. The van der Waals surface area contributed by atoms with E-state index in [1.54, 1.807) is 0 Å². The zero-order valence-corrected chi connectivity index (χ0v) is 15.1. The fraction of sp³-hybridized carbons (Fsp3) is 0.571. The van der Waals surface area contributed by atoms with Gasteiger partial charge in [0.15, 0.2) is 6.54 Å². The van der Waals surface area contributed by atoms with Crippen LogP contribution in [0.2, 0.25) is 0 Å². The van der Waals surface area contributed by atoms with Gasteiger partial charge in [0, 0.05) is 11.3 Å². The molecule has 2 aromatic rings. The number of rotatable bonds is 4. The summed E-state index contributed by atoms with van der Waals surface area (Å²) < 4.78 is 5.89. The Hall–Kier alpha value is -1.81. The fourth-order valence-corrected chi connectivity index (χ4v) is 4.87. The number of fused-ring (bicyclic) bond motifs is 2. The number of quaternary nitrogens is 1. The number of carbonyl (C=O) groups is 1. The van der Waals surface area contributed by atoms with Crippen molar-refractivity contribution in [1.29, 1.82) is 0 Å². The van der Waals surface area contributed by atoms with Crippen LogP contribution in [-0.2, 0) is 4.79 Å². The molecule has 0 bridgehead atoms. The Kier molecular flexibility index (Phi) is 4.80. The minimum absolute atomic E-state index is 0.0914. The summed E-state index contributed by atoms with van der Waals surface area (Å²) in [6, 6.07) is 10.6. The third kappa shape index (κ3) is 3.59. The highest BCUT2D eigenvalue weighted by atomic mass is 16.3. The number of hydrogen-bond acceptors (Lipinski definition) is 2. The molecular formula is C21H29N2O2+. The molecule has 1 aromatic carbocycles. The Labute approximate surface area is 149 Å². The first-order valence-corrected chi connectivity index (χ1v) is 9.83. The van der Waals surface area contributed by atoms with Crippen LogP contribution in [0.3, 0.4) is 0 Å². The van der Waals surface area contributed by atoms with E-state index in [4.69, 9.17) is 4.42 Å². The molecule has 2 N–H and O–H groups in total. The van der Waals surface area contributed by atoms with Gasteiger partial charge in [0.1, 0.15) is 11.3 Å². The topological polar surface area (TPSA) is 46.7 Å². The Morgan fingerprint density at radius 2 is 2.04 bits per heavy atom. The van der Waals surface area contributed by atoms with Crippen LogP contribution in [0, 0.1) is 5.92 Å². The van der Waals surface area contributed by atoms with E-state index >= 15 is 0 Å². The van der Waals surface area contributed by atoms with Gasteiger partial charge in [0.25, 0.3) is 5.91 Å². The fourth-order valence-electron chi connectivity index (χ4n) is 4.87. The second-order valence-electron chi connectivity index (χ2n) is 7.85. The zero-order valence-electron chi connectivity index (χ0n) is 15.1. The molecule has 2 heterocycles. The van der Waals surface area contributed by atoms with Crippen LogP contribution in [0.4, 0.5) is 0 Å².